The fourth-order valence-electron chi connectivity index (χ4n) is 3.47. The van der Waals surface area contributed by atoms with Gasteiger partial charge in [-0.15, -0.1) is 11.3 Å². The van der Waals surface area contributed by atoms with E-state index in [9.17, 15) is 5.26 Å². The number of hydrogen-bond acceptors (Lipinski definition) is 9. The molecule has 0 atom stereocenters. The number of aryl methyl sites for hydroxylation is 1. The molecular formula is C26H22N6O2S2. The van der Waals surface area contributed by atoms with E-state index < -0.39 is 0 Å². The average molecular weight is 515 g/mol. The Hall–Kier alpha value is -4.09. The van der Waals surface area contributed by atoms with Crippen LogP contribution in [-0.4, -0.2) is 28.3 Å². The van der Waals surface area contributed by atoms with E-state index in [1.165, 1.54) is 23.1 Å². The molecule has 2 heterocycles. The third-order valence-corrected chi connectivity index (χ3v) is 6.89. The topological polar surface area (TPSA) is 121 Å². The highest BCUT2D eigenvalue weighted by atomic mass is 32.2. The highest BCUT2D eigenvalue weighted by Crippen LogP contribution is 2.42. The number of thioether (sulfide) groups is 1. The number of aromatic nitrogens is 2. The van der Waals surface area contributed by atoms with E-state index >= 15 is 0 Å². The number of aliphatic hydroxyl groups excluding tert-OH is 1. The molecule has 0 saturated carbocycles. The van der Waals surface area contributed by atoms with Gasteiger partial charge in [0.2, 0.25) is 5.69 Å². The quantitative estimate of drug-likeness (QED) is 0.186. The lowest BCUT2D eigenvalue weighted by Gasteiger charge is -2.13. The smallest absolute Gasteiger partial charge is 0.236 e. The van der Waals surface area contributed by atoms with Crippen molar-refractivity contribution in [2.75, 3.05) is 24.3 Å². The predicted octanol–water partition coefficient (Wildman–Crippen LogP) is 5.93. The molecule has 4 N–H and O–H groups in total. The van der Waals surface area contributed by atoms with E-state index in [1.54, 1.807) is 24.3 Å². The van der Waals surface area contributed by atoms with E-state index in [0.717, 1.165) is 22.1 Å². The largest absolute Gasteiger partial charge is 0.491 e. The van der Waals surface area contributed by atoms with E-state index in [4.69, 9.17) is 22.1 Å². The molecule has 0 saturated heterocycles. The van der Waals surface area contributed by atoms with Crippen LogP contribution >= 0.6 is 23.1 Å². The van der Waals surface area contributed by atoms with E-state index in [1.807, 2.05) is 36.6 Å². The molecule has 0 bridgehead atoms. The highest BCUT2D eigenvalue weighted by Gasteiger charge is 2.21. The Bertz CT molecular complexity index is 1460. The van der Waals surface area contributed by atoms with Gasteiger partial charge in [-0.3, -0.25) is 0 Å². The van der Waals surface area contributed by atoms with Crippen molar-refractivity contribution in [1.29, 1.82) is 5.26 Å². The van der Waals surface area contributed by atoms with Crippen LogP contribution in [0.25, 0.3) is 16.0 Å². The van der Waals surface area contributed by atoms with Gasteiger partial charge in [-0.1, -0.05) is 36.0 Å². The van der Waals surface area contributed by atoms with Crippen LogP contribution in [0.4, 0.5) is 22.3 Å². The zero-order valence-electron chi connectivity index (χ0n) is 19.4. The third-order valence-electron chi connectivity index (χ3n) is 5.07. The number of nitriles is 1. The Morgan fingerprint density at radius 1 is 1.25 bits per heavy atom. The fourth-order valence-corrected chi connectivity index (χ4v) is 5.20. The monoisotopic (exact) mass is 514 g/mol. The normalized spacial score (nSPS) is 10.4. The average Bonchev–Trinajstić information content (AvgIpc) is 3.33. The number of aliphatic hydroxyl groups is 1. The van der Waals surface area contributed by atoms with Gasteiger partial charge < -0.3 is 20.9 Å². The first-order chi connectivity index (χ1) is 17.5. The van der Waals surface area contributed by atoms with Gasteiger partial charge in [0.25, 0.3) is 0 Å². The van der Waals surface area contributed by atoms with Crippen LogP contribution in [0, 0.1) is 24.8 Å². The molecule has 0 aliphatic rings. The van der Waals surface area contributed by atoms with Crippen molar-refractivity contribution in [3.05, 3.63) is 82.1 Å². The van der Waals surface area contributed by atoms with Gasteiger partial charge in [0.15, 0.2) is 5.13 Å². The van der Waals surface area contributed by atoms with Crippen molar-refractivity contribution >= 4 is 45.4 Å². The minimum absolute atomic E-state index is 0.0715. The minimum Gasteiger partial charge on any atom is -0.491 e. The number of nitrogen functional groups attached to an aromatic ring is 1. The molecule has 10 heteroatoms. The lowest BCUT2D eigenvalue weighted by molar-refractivity contribution is 0.201. The van der Waals surface area contributed by atoms with E-state index in [2.05, 4.69) is 26.2 Å². The maximum atomic E-state index is 10.0. The van der Waals surface area contributed by atoms with Crippen LogP contribution < -0.4 is 15.8 Å². The van der Waals surface area contributed by atoms with Crippen molar-refractivity contribution in [3.8, 4) is 22.9 Å². The summed E-state index contributed by atoms with van der Waals surface area (Å²) in [5, 5.41) is 25.4. The number of hydrogen-bond donors (Lipinski definition) is 3. The van der Waals surface area contributed by atoms with Crippen molar-refractivity contribution in [1.82, 2.24) is 9.97 Å². The Labute approximate surface area is 217 Å². The summed E-state index contributed by atoms with van der Waals surface area (Å²) in [6.45, 7) is 9.74. The van der Waals surface area contributed by atoms with Crippen LogP contribution in [0.15, 0.2) is 58.9 Å². The molecule has 4 rings (SSSR count). The van der Waals surface area contributed by atoms with Gasteiger partial charge in [-0.2, -0.15) is 5.26 Å². The summed E-state index contributed by atoms with van der Waals surface area (Å²) in [6.07, 6.45) is 0. The molecule has 0 aliphatic carbocycles. The summed E-state index contributed by atoms with van der Waals surface area (Å²) in [5.74, 6) is 1.13. The molecule has 0 fully saturated rings. The van der Waals surface area contributed by atoms with Crippen LogP contribution in [0.5, 0.6) is 5.75 Å². The molecule has 0 amide bonds. The summed E-state index contributed by atoms with van der Waals surface area (Å²) in [6, 6.07) is 17.2. The number of thiazole rings is 1. The summed E-state index contributed by atoms with van der Waals surface area (Å²) in [7, 11) is 0. The number of nitrogens with two attached hydrogens (primary N) is 1. The number of pyridine rings is 1. The van der Waals surface area contributed by atoms with Crippen molar-refractivity contribution in [2.45, 2.75) is 17.7 Å². The Morgan fingerprint density at radius 3 is 2.75 bits per heavy atom. The summed E-state index contributed by atoms with van der Waals surface area (Å²) < 4.78 is 5.41. The van der Waals surface area contributed by atoms with Crippen LogP contribution in [0.3, 0.4) is 0 Å². The first-order valence-corrected chi connectivity index (χ1v) is 12.7. The molecule has 36 heavy (non-hydrogen) atoms. The van der Waals surface area contributed by atoms with Crippen LogP contribution in [-0.2, 0) is 5.75 Å². The van der Waals surface area contributed by atoms with E-state index in [-0.39, 0.29) is 30.3 Å². The maximum absolute atomic E-state index is 10.0. The number of rotatable bonds is 9. The summed E-state index contributed by atoms with van der Waals surface area (Å²) >= 11 is 2.85. The first-order valence-electron chi connectivity index (χ1n) is 10.9. The number of ether oxygens (including phenoxy) is 1. The standard InChI is InChI=1S/C26H22N6O2S2/c1-16-4-3-5-18(12-16)30-26-31-19(15-36-26)14-35-25-21(13-27)22(23(29-2)24(28)32-25)17-6-8-20(9-7-17)34-11-10-33/h3-9,12,15,33H,10-11,14H2,1H3,(H2,28,32)(H,30,31). The molecule has 180 valence electrons. The van der Waals surface area contributed by atoms with Gasteiger partial charge in [0.1, 0.15) is 29.3 Å². The number of nitrogens with zero attached hydrogens (tertiary/aromatic N) is 4. The Kier molecular flexibility index (Phi) is 8.03. The van der Waals surface area contributed by atoms with Crippen molar-refractivity contribution in [3.63, 3.8) is 0 Å². The number of nitrogens with one attached hydrogen (secondary N) is 1. The van der Waals surface area contributed by atoms with Gasteiger partial charge in [-0.25, -0.2) is 14.8 Å². The molecule has 4 aromatic rings. The molecule has 0 aliphatic heterocycles. The molecule has 0 radical (unpaired) electrons. The van der Waals surface area contributed by atoms with Crippen LogP contribution in [0.2, 0.25) is 0 Å². The SMILES string of the molecule is [C-]#[N+]c1c(N)nc(SCc2csc(Nc3cccc(C)c3)n2)c(C#N)c1-c1ccc(OCCO)cc1. The van der Waals surface area contributed by atoms with Gasteiger partial charge in [-0.05, 0) is 42.3 Å². The lowest BCUT2D eigenvalue weighted by Crippen LogP contribution is -2.02. The summed E-state index contributed by atoms with van der Waals surface area (Å²) in [5.41, 5.74) is 10.6. The van der Waals surface area contributed by atoms with Crippen molar-refractivity contribution in [2.24, 2.45) is 0 Å². The molecule has 2 aromatic heterocycles. The van der Waals surface area contributed by atoms with E-state index in [0.29, 0.717) is 27.7 Å². The van der Waals surface area contributed by atoms with Gasteiger partial charge >= 0.3 is 0 Å². The molecule has 2 aromatic carbocycles. The van der Waals surface area contributed by atoms with Crippen LogP contribution in [0.1, 0.15) is 16.8 Å². The zero-order valence-corrected chi connectivity index (χ0v) is 21.0. The zero-order chi connectivity index (χ0) is 25.5. The maximum Gasteiger partial charge on any atom is 0.236 e. The second kappa shape index (κ2) is 11.6. The summed E-state index contributed by atoms with van der Waals surface area (Å²) in [4.78, 5) is 12.6. The number of benzene rings is 2. The van der Waals surface area contributed by atoms with Gasteiger partial charge in [0, 0.05) is 22.4 Å². The lowest BCUT2D eigenvalue weighted by atomic mass is 10.00. The second-order valence-electron chi connectivity index (χ2n) is 7.65. The Morgan fingerprint density at radius 2 is 2.06 bits per heavy atom. The first kappa shape index (κ1) is 25.0. The predicted molar refractivity (Wildman–Crippen MR) is 144 cm³/mol. The fraction of sp³-hybridized carbons (Fsp3) is 0.154. The minimum atomic E-state index is -0.0911. The molecule has 0 spiro atoms. The van der Waals surface area contributed by atoms with Gasteiger partial charge in [0.05, 0.1) is 24.4 Å². The second-order valence-corrected chi connectivity index (χ2v) is 9.47. The Balaban J connectivity index is 1.58. The number of anilines is 3. The highest BCUT2D eigenvalue weighted by molar-refractivity contribution is 7.98. The molecular weight excluding hydrogens is 492 g/mol. The molecule has 0 unspecified atom stereocenters. The van der Waals surface area contributed by atoms with Crippen molar-refractivity contribution < 1.29 is 9.84 Å². The molecule has 8 nitrogen and oxygen atoms in total. The third kappa shape index (κ3) is 5.75.